The smallest absolute Gasteiger partial charge is 0.0639 e. The molecule has 0 saturated carbocycles. The molecule has 0 radical (unpaired) electrons. The van der Waals surface area contributed by atoms with Gasteiger partial charge < -0.3 is 10.1 Å². The Labute approximate surface area is 75.7 Å². The van der Waals surface area contributed by atoms with Crippen molar-refractivity contribution in [3.63, 3.8) is 0 Å². The van der Waals surface area contributed by atoms with Crippen molar-refractivity contribution in [2.24, 2.45) is 0 Å². The number of hydrogen-bond donors (Lipinski definition) is 1. The van der Waals surface area contributed by atoms with E-state index in [0.717, 1.165) is 26.0 Å². The average Bonchev–Trinajstić information content (AvgIpc) is 1.98. The first-order valence-electron chi connectivity index (χ1n) is 4.30. The lowest BCUT2D eigenvalue weighted by Crippen LogP contribution is -2.43. The Morgan fingerprint density at radius 1 is 1.50 bits per heavy atom. The first kappa shape index (κ1) is 11.5. The van der Waals surface area contributed by atoms with Gasteiger partial charge in [-0.3, -0.25) is 0 Å². The van der Waals surface area contributed by atoms with Crippen molar-refractivity contribution in [1.29, 1.82) is 0 Å². The van der Waals surface area contributed by atoms with Crippen LogP contribution in [0.3, 0.4) is 0 Å². The summed E-state index contributed by atoms with van der Waals surface area (Å²) in [4.78, 5) is 0. The maximum absolute atomic E-state index is 5.13. The zero-order valence-corrected chi connectivity index (χ0v) is 8.31. The molecule has 0 aliphatic heterocycles. The van der Waals surface area contributed by atoms with E-state index in [1.54, 1.807) is 7.11 Å². The van der Waals surface area contributed by atoms with E-state index in [2.05, 4.69) is 25.1 Å². The molecule has 0 aliphatic rings. The van der Waals surface area contributed by atoms with Gasteiger partial charge in [-0.15, -0.1) is 12.3 Å². The molecule has 2 heteroatoms. The third-order valence-corrected chi connectivity index (χ3v) is 1.61. The van der Waals surface area contributed by atoms with Gasteiger partial charge in [-0.2, -0.15) is 0 Å². The Hall–Kier alpha value is -0.520. The van der Waals surface area contributed by atoms with Gasteiger partial charge in [0, 0.05) is 19.1 Å². The molecule has 0 aromatic heterocycles. The fourth-order valence-corrected chi connectivity index (χ4v) is 1.03. The summed E-state index contributed by atoms with van der Waals surface area (Å²) in [6.45, 7) is 5.92. The first-order valence-corrected chi connectivity index (χ1v) is 4.30. The number of nitrogens with one attached hydrogen (secondary N) is 1. The summed E-state index contributed by atoms with van der Waals surface area (Å²) in [6.07, 6.45) is 7.01. The number of hydrogen-bond acceptors (Lipinski definition) is 2. The second-order valence-corrected chi connectivity index (χ2v) is 3.55. The third kappa shape index (κ3) is 6.21. The van der Waals surface area contributed by atoms with Gasteiger partial charge in [0.15, 0.2) is 0 Å². The summed E-state index contributed by atoms with van der Waals surface area (Å²) in [5.41, 5.74) is 0.0589. The highest BCUT2D eigenvalue weighted by atomic mass is 16.5. The maximum Gasteiger partial charge on any atom is 0.0639 e. The van der Waals surface area contributed by atoms with Crippen LogP contribution in [0.5, 0.6) is 0 Å². The van der Waals surface area contributed by atoms with Crippen LogP contribution < -0.4 is 5.32 Å². The van der Waals surface area contributed by atoms with E-state index in [4.69, 9.17) is 11.2 Å². The number of rotatable bonds is 6. The predicted octanol–water partition coefficient (Wildman–Crippen LogP) is 1.41. The molecule has 0 amide bonds. The zero-order valence-electron chi connectivity index (χ0n) is 8.31. The summed E-state index contributed by atoms with van der Waals surface area (Å²) in [5, 5.41) is 3.37. The average molecular weight is 169 g/mol. The van der Waals surface area contributed by atoms with E-state index in [9.17, 15) is 0 Å². The first-order chi connectivity index (χ1) is 5.62. The SMILES string of the molecule is C#CCCCNC(C)(C)COC. The Bertz CT molecular complexity index is 146. The van der Waals surface area contributed by atoms with Crippen molar-refractivity contribution in [1.82, 2.24) is 5.32 Å². The normalized spacial score (nSPS) is 11.2. The largest absolute Gasteiger partial charge is 0.383 e. The number of methoxy groups -OCH3 is 1. The highest BCUT2D eigenvalue weighted by Crippen LogP contribution is 2.01. The van der Waals surface area contributed by atoms with Crippen LogP contribution in [0.15, 0.2) is 0 Å². The van der Waals surface area contributed by atoms with Gasteiger partial charge in [0.1, 0.15) is 0 Å². The Balaban J connectivity index is 3.41. The lowest BCUT2D eigenvalue weighted by atomic mass is 10.1. The van der Waals surface area contributed by atoms with Crippen LogP contribution in [0.2, 0.25) is 0 Å². The molecule has 0 aliphatic carbocycles. The molecule has 0 spiro atoms. The molecule has 2 nitrogen and oxygen atoms in total. The second-order valence-electron chi connectivity index (χ2n) is 3.55. The molecule has 12 heavy (non-hydrogen) atoms. The van der Waals surface area contributed by atoms with E-state index < -0.39 is 0 Å². The highest BCUT2D eigenvalue weighted by Gasteiger charge is 2.15. The Morgan fingerprint density at radius 3 is 2.67 bits per heavy atom. The molecule has 0 rings (SSSR count). The van der Waals surface area contributed by atoms with Gasteiger partial charge in [0.25, 0.3) is 0 Å². The summed E-state index contributed by atoms with van der Waals surface area (Å²) in [6, 6.07) is 0. The molecule has 0 heterocycles. The third-order valence-electron chi connectivity index (χ3n) is 1.61. The highest BCUT2D eigenvalue weighted by molar-refractivity contribution is 4.84. The van der Waals surface area contributed by atoms with E-state index >= 15 is 0 Å². The minimum atomic E-state index is 0.0589. The molecule has 0 atom stereocenters. The van der Waals surface area contributed by atoms with E-state index in [0.29, 0.717) is 0 Å². The van der Waals surface area contributed by atoms with Crippen LogP contribution in [0.1, 0.15) is 26.7 Å². The van der Waals surface area contributed by atoms with Gasteiger partial charge >= 0.3 is 0 Å². The van der Waals surface area contributed by atoms with Crippen LogP contribution >= 0.6 is 0 Å². The van der Waals surface area contributed by atoms with Gasteiger partial charge in [-0.1, -0.05) is 0 Å². The molecule has 0 unspecified atom stereocenters. The van der Waals surface area contributed by atoms with E-state index in [-0.39, 0.29) is 5.54 Å². The van der Waals surface area contributed by atoms with Crippen LogP contribution in [0.25, 0.3) is 0 Å². The Kier molecular flexibility index (Phi) is 5.79. The number of ether oxygens (including phenoxy) is 1. The van der Waals surface area contributed by atoms with Crippen LogP contribution in [-0.2, 0) is 4.74 Å². The number of terminal acetylenes is 1. The van der Waals surface area contributed by atoms with Gasteiger partial charge in [-0.05, 0) is 26.8 Å². The molecule has 0 fully saturated rings. The van der Waals surface area contributed by atoms with Gasteiger partial charge in [0.2, 0.25) is 0 Å². The summed E-state index contributed by atoms with van der Waals surface area (Å²) in [7, 11) is 1.71. The van der Waals surface area contributed by atoms with Crippen LogP contribution in [0.4, 0.5) is 0 Å². The van der Waals surface area contributed by atoms with Crippen molar-refractivity contribution in [3.8, 4) is 12.3 Å². The number of unbranched alkanes of at least 4 members (excludes halogenated alkanes) is 1. The van der Waals surface area contributed by atoms with Crippen molar-refractivity contribution in [3.05, 3.63) is 0 Å². The summed E-state index contributed by atoms with van der Waals surface area (Å²) >= 11 is 0. The van der Waals surface area contributed by atoms with Crippen LogP contribution in [0, 0.1) is 12.3 Å². The molecule has 1 N–H and O–H groups in total. The molecule has 70 valence electrons. The van der Waals surface area contributed by atoms with Crippen molar-refractivity contribution >= 4 is 0 Å². The maximum atomic E-state index is 5.13. The van der Waals surface area contributed by atoms with Crippen LogP contribution in [-0.4, -0.2) is 25.8 Å². The molecular formula is C10H19NO. The molecule has 0 bridgehead atoms. The lowest BCUT2D eigenvalue weighted by molar-refractivity contribution is 0.129. The van der Waals surface area contributed by atoms with Crippen molar-refractivity contribution < 1.29 is 4.74 Å². The second kappa shape index (κ2) is 6.05. The molecule has 0 aromatic rings. The molecule has 0 saturated heterocycles. The Morgan fingerprint density at radius 2 is 2.17 bits per heavy atom. The van der Waals surface area contributed by atoms with Gasteiger partial charge in [0.05, 0.1) is 6.61 Å². The fourth-order valence-electron chi connectivity index (χ4n) is 1.03. The topological polar surface area (TPSA) is 21.3 Å². The summed E-state index contributed by atoms with van der Waals surface area (Å²) in [5.74, 6) is 2.61. The van der Waals surface area contributed by atoms with E-state index in [1.165, 1.54) is 0 Å². The predicted molar refractivity (Wildman–Crippen MR) is 52.0 cm³/mol. The van der Waals surface area contributed by atoms with Gasteiger partial charge in [-0.25, -0.2) is 0 Å². The fraction of sp³-hybridized carbons (Fsp3) is 0.800. The monoisotopic (exact) mass is 169 g/mol. The van der Waals surface area contributed by atoms with E-state index in [1.807, 2.05) is 0 Å². The lowest BCUT2D eigenvalue weighted by Gasteiger charge is -2.25. The standard InChI is InChI=1S/C10H19NO/c1-5-6-7-8-11-10(2,3)9-12-4/h1,11H,6-9H2,2-4H3. The molecular weight excluding hydrogens is 150 g/mol. The minimum Gasteiger partial charge on any atom is -0.383 e. The van der Waals surface area contributed by atoms with Crippen molar-refractivity contribution in [2.75, 3.05) is 20.3 Å². The summed E-state index contributed by atoms with van der Waals surface area (Å²) < 4.78 is 5.06. The quantitative estimate of drug-likeness (QED) is 0.479. The molecule has 0 aromatic carbocycles. The van der Waals surface area contributed by atoms with Crippen molar-refractivity contribution in [2.45, 2.75) is 32.2 Å². The zero-order chi connectivity index (χ0) is 9.45. The minimum absolute atomic E-state index is 0.0589.